The summed E-state index contributed by atoms with van der Waals surface area (Å²) >= 11 is 0. The van der Waals surface area contributed by atoms with Gasteiger partial charge >= 0.3 is 0 Å². The van der Waals surface area contributed by atoms with Gasteiger partial charge in [-0.25, -0.2) is 9.37 Å². The Morgan fingerprint density at radius 1 is 1.39 bits per heavy atom. The van der Waals surface area contributed by atoms with Gasteiger partial charge in [-0.15, -0.1) is 0 Å². The van der Waals surface area contributed by atoms with Crippen molar-refractivity contribution in [1.29, 1.82) is 0 Å². The van der Waals surface area contributed by atoms with Crippen molar-refractivity contribution in [2.75, 3.05) is 29.9 Å². The molecule has 2 aliphatic carbocycles. The third-order valence-corrected chi connectivity index (χ3v) is 6.79. The molecule has 0 aromatic carbocycles. The zero-order valence-corrected chi connectivity index (χ0v) is 17.3. The number of hydrogen-bond acceptors (Lipinski definition) is 8. The first-order valence-corrected chi connectivity index (χ1v) is 10.6. The van der Waals surface area contributed by atoms with Gasteiger partial charge in [0.15, 0.2) is 11.6 Å². The standard InChI is InChI=1S/C21H26FN7O2/c1-11-14-8-29(10-21(11,14)28-19(31)12-2-3-12)18-15(22)7-25-20(27-18)26-13-4-5-17(24-6-13)16(23)9-30/h4-7,11-12,14,16,30H,2-3,8-10,23H2,1H3,(H,28,31)(H,25,26,27)/t11-,14+,16-,21+/m1/s1. The summed E-state index contributed by atoms with van der Waals surface area (Å²) in [6, 6.07) is 2.91. The fraction of sp³-hybridized carbons (Fsp3) is 0.524. The minimum absolute atomic E-state index is 0.124. The van der Waals surface area contributed by atoms with Crippen molar-refractivity contribution in [3.63, 3.8) is 0 Å². The smallest absolute Gasteiger partial charge is 0.229 e. The van der Waals surface area contributed by atoms with Gasteiger partial charge < -0.3 is 26.4 Å². The number of amides is 1. The van der Waals surface area contributed by atoms with Crippen molar-refractivity contribution in [1.82, 2.24) is 20.3 Å². The summed E-state index contributed by atoms with van der Waals surface area (Å²) in [4.78, 5) is 26.9. The Morgan fingerprint density at radius 2 is 2.19 bits per heavy atom. The summed E-state index contributed by atoms with van der Waals surface area (Å²) in [6.45, 7) is 3.13. The topological polar surface area (TPSA) is 129 Å². The number of aliphatic hydroxyl groups excluding tert-OH is 1. The number of halogens is 1. The van der Waals surface area contributed by atoms with E-state index in [0.717, 1.165) is 19.0 Å². The number of nitrogens with two attached hydrogens (primary N) is 1. The second-order valence-electron chi connectivity index (χ2n) is 8.83. The highest BCUT2D eigenvalue weighted by atomic mass is 19.1. The number of rotatable bonds is 7. The van der Waals surface area contributed by atoms with E-state index in [9.17, 15) is 9.18 Å². The van der Waals surface area contributed by atoms with E-state index in [1.807, 2.05) is 4.90 Å². The fourth-order valence-corrected chi connectivity index (χ4v) is 4.57. The van der Waals surface area contributed by atoms with Crippen molar-refractivity contribution in [3.05, 3.63) is 36.0 Å². The Morgan fingerprint density at radius 3 is 2.87 bits per heavy atom. The number of aliphatic hydroxyl groups is 1. The van der Waals surface area contributed by atoms with Gasteiger partial charge in [0.1, 0.15) is 0 Å². The second-order valence-corrected chi connectivity index (χ2v) is 8.83. The molecule has 4 atom stereocenters. The molecule has 0 spiro atoms. The van der Waals surface area contributed by atoms with E-state index in [-0.39, 0.29) is 35.7 Å². The molecule has 5 rings (SSSR count). The number of carbonyl (C=O) groups excluding carboxylic acids is 1. The minimum Gasteiger partial charge on any atom is -0.394 e. The molecule has 10 heteroatoms. The maximum atomic E-state index is 14.6. The van der Waals surface area contributed by atoms with Crippen LogP contribution in [-0.4, -0.2) is 51.2 Å². The molecular weight excluding hydrogens is 401 g/mol. The average molecular weight is 427 g/mol. The van der Waals surface area contributed by atoms with Crippen LogP contribution in [0.25, 0.3) is 0 Å². The van der Waals surface area contributed by atoms with Gasteiger partial charge in [0, 0.05) is 24.9 Å². The molecule has 0 unspecified atom stereocenters. The highest BCUT2D eigenvalue weighted by Crippen LogP contribution is 2.56. The lowest BCUT2D eigenvalue weighted by Crippen LogP contribution is -2.45. The summed E-state index contributed by atoms with van der Waals surface area (Å²) in [5.74, 6) is 0.933. The van der Waals surface area contributed by atoms with Crippen molar-refractivity contribution >= 4 is 23.4 Å². The number of hydrogen-bond donors (Lipinski definition) is 4. The minimum atomic E-state index is -0.542. The van der Waals surface area contributed by atoms with Gasteiger partial charge in [0.05, 0.1) is 42.0 Å². The highest BCUT2D eigenvalue weighted by molar-refractivity contribution is 5.82. The van der Waals surface area contributed by atoms with Gasteiger partial charge in [0.2, 0.25) is 11.9 Å². The number of pyridine rings is 1. The predicted octanol–water partition coefficient (Wildman–Crippen LogP) is 1.10. The zero-order chi connectivity index (χ0) is 21.8. The van der Waals surface area contributed by atoms with E-state index in [0.29, 0.717) is 36.3 Å². The summed E-state index contributed by atoms with van der Waals surface area (Å²) < 4.78 is 14.6. The molecule has 1 amide bonds. The zero-order valence-electron chi connectivity index (χ0n) is 17.3. The third kappa shape index (κ3) is 3.59. The molecule has 3 heterocycles. The fourth-order valence-electron chi connectivity index (χ4n) is 4.57. The Balaban J connectivity index is 1.30. The SMILES string of the molecule is C[C@@H]1[C@@H]2CN(c3nc(Nc4ccc([C@H](N)CO)nc4)ncc3F)C[C@]12NC(=O)C1CC1. The number of aromatic nitrogens is 3. The van der Waals surface area contributed by atoms with Gasteiger partial charge in [-0.1, -0.05) is 6.92 Å². The number of nitrogens with zero attached hydrogens (tertiary/aromatic N) is 4. The predicted molar refractivity (Wildman–Crippen MR) is 112 cm³/mol. The summed E-state index contributed by atoms with van der Waals surface area (Å²) in [6.07, 6.45) is 4.63. The van der Waals surface area contributed by atoms with Crippen molar-refractivity contribution in [2.45, 2.75) is 31.3 Å². The molecule has 9 nitrogen and oxygen atoms in total. The molecule has 3 fully saturated rings. The van der Waals surface area contributed by atoms with Crippen LogP contribution in [0.1, 0.15) is 31.5 Å². The Hall–Kier alpha value is -2.85. The molecule has 164 valence electrons. The van der Waals surface area contributed by atoms with E-state index >= 15 is 0 Å². The van der Waals surface area contributed by atoms with E-state index in [1.165, 1.54) is 0 Å². The van der Waals surface area contributed by atoms with Crippen LogP contribution >= 0.6 is 0 Å². The molecule has 31 heavy (non-hydrogen) atoms. The number of fused-ring (bicyclic) bond motifs is 1. The first-order chi connectivity index (χ1) is 14.9. The number of piperidine rings is 1. The summed E-state index contributed by atoms with van der Waals surface area (Å²) in [7, 11) is 0. The van der Waals surface area contributed by atoms with Crippen molar-refractivity contribution in [3.8, 4) is 0 Å². The number of carbonyl (C=O) groups is 1. The summed E-state index contributed by atoms with van der Waals surface area (Å²) in [5, 5.41) is 15.4. The van der Waals surface area contributed by atoms with Crippen LogP contribution in [0.2, 0.25) is 0 Å². The van der Waals surface area contributed by atoms with Crippen LogP contribution in [0.4, 0.5) is 21.8 Å². The average Bonchev–Trinajstić information content (AvgIpc) is 3.67. The van der Waals surface area contributed by atoms with E-state index < -0.39 is 11.9 Å². The molecule has 1 aliphatic heterocycles. The van der Waals surface area contributed by atoms with E-state index in [2.05, 4.69) is 32.5 Å². The molecule has 3 aliphatic rings. The molecule has 1 saturated heterocycles. The first kappa shape index (κ1) is 20.1. The largest absolute Gasteiger partial charge is 0.394 e. The Kier molecular flexibility index (Phi) is 4.78. The second kappa shape index (κ2) is 7.38. The summed E-state index contributed by atoms with van der Waals surface area (Å²) in [5.41, 5.74) is 6.67. The number of anilines is 3. The lowest BCUT2D eigenvalue weighted by molar-refractivity contribution is -0.123. The van der Waals surface area contributed by atoms with Crippen LogP contribution in [-0.2, 0) is 4.79 Å². The number of nitrogens with one attached hydrogen (secondary N) is 2. The van der Waals surface area contributed by atoms with Crippen LogP contribution in [0.3, 0.4) is 0 Å². The maximum Gasteiger partial charge on any atom is 0.229 e. The molecule has 0 bridgehead atoms. The van der Waals surface area contributed by atoms with Gasteiger partial charge in [-0.2, -0.15) is 4.98 Å². The van der Waals surface area contributed by atoms with Crippen molar-refractivity contribution in [2.24, 2.45) is 23.5 Å². The van der Waals surface area contributed by atoms with E-state index in [1.54, 1.807) is 18.3 Å². The van der Waals surface area contributed by atoms with Crippen molar-refractivity contribution < 1.29 is 14.3 Å². The van der Waals surface area contributed by atoms with Crippen LogP contribution in [0, 0.1) is 23.6 Å². The third-order valence-electron chi connectivity index (χ3n) is 6.79. The highest BCUT2D eigenvalue weighted by Gasteiger charge is 2.68. The lowest BCUT2D eigenvalue weighted by atomic mass is 10.2. The van der Waals surface area contributed by atoms with Gasteiger partial charge in [0.25, 0.3) is 0 Å². The van der Waals surface area contributed by atoms with Crippen LogP contribution in [0.15, 0.2) is 24.5 Å². The monoisotopic (exact) mass is 427 g/mol. The Labute approximate surface area is 179 Å². The van der Waals surface area contributed by atoms with Gasteiger partial charge in [-0.05, 0) is 30.9 Å². The molecule has 2 saturated carbocycles. The molecular formula is C21H26FN7O2. The molecule has 2 aromatic heterocycles. The van der Waals surface area contributed by atoms with Gasteiger partial charge in [-0.3, -0.25) is 9.78 Å². The Bertz CT molecular complexity index is 1000. The maximum absolute atomic E-state index is 14.6. The normalized spacial score (nSPS) is 27.5. The quantitative estimate of drug-likeness (QED) is 0.517. The van der Waals surface area contributed by atoms with E-state index in [4.69, 9.17) is 10.8 Å². The van der Waals surface area contributed by atoms with Crippen LogP contribution in [0.5, 0.6) is 0 Å². The lowest BCUT2D eigenvalue weighted by Gasteiger charge is -2.25. The molecule has 2 aromatic rings. The molecule has 5 N–H and O–H groups in total. The molecule has 0 radical (unpaired) electrons. The first-order valence-electron chi connectivity index (χ1n) is 10.6. The van der Waals surface area contributed by atoms with Crippen LogP contribution < -0.4 is 21.3 Å².